The Hall–Kier alpha value is -1.94. The zero-order chi connectivity index (χ0) is 15.0. The number of amides is 2. The number of nitrogens with one attached hydrogen (secondary N) is 1. The van der Waals surface area contributed by atoms with Crippen LogP contribution in [-0.4, -0.2) is 18.0 Å². The predicted octanol–water partition coefficient (Wildman–Crippen LogP) is 4.15. The Morgan fingerprint density at radius 3 is 3.00 bits per heavy atom. The third kappa shape index (κ3) is 2.51. The van der Waals surface area contributed by atoms with E-state index < -0.39 is 0 Å². The number of fused-ring (bicyclic) bond motifs is 1. The number of benzene rings is 1. The molecule has 1 N–H and O–H groups in total. The SMILES string of the molecule is CCc1occc1C(Cl)c1ccc2c(c1)CN(C)C(=O)N2. The highest BCUT2D eigenvalue weighted by Crippen LogP contribution is 2.35. The van der Waals surface area contributed by atoms with Gasteiger partial charge >= 0.3 is 6.03 Å². The molecule has 1 aliphatic heterocycles. The van der Waals surface area contributed by atoms with Crippen molar-refractivity contribution in [2.75, 3.05) is 12.4 Å². The summed E-state index contributed by atoms with van der Waals surface area (Å²) in [5.74, 6) is 0.915. The number of hydrogen-bond donors (Lipinski definition) is 1. The lowest BCUT2D eigenvalue weighted by molar-refractivity contribution is 0.218. The molecule has 5 heteroatoms. The molecule has 1 atom stereocenters. The number of rotatable bonds is 3. The van der Waals surface area contributed by atoms with Crippen molar-refractivity contribution in [1.82, 2.24) is 4.90 Å². The predicted molar refractivity (Wildman–Crippen MR) is 82.7 cm³/mol. The molecular formula is C16H17ClN2O2. The molecular weight excluding hydrogens is 288 g/mol. The molecule has 2 amide bonds. The van der Waals surface area contributed by atoms with Crippen LogP contribution in [-0.2, 0) is 13.0 Å². The second kappa shape index (κ2) is 5.45. The van der Waals surface area contributed by atoms with Crippen LogP contribution in [0.5, 0.6) is 0 Å². The molecule has 0 radical (unpaired) electrons. The van der Waals surface area contributed by atoms with Crippen molar-refractivity contribution in [3.63, 3.8) is 0 Å². The van der Waals surface area contributed by atoms with Crippen LogP contribution in [0, 0.1) is 0 Å². The molecule has 2 aromatic rings. The van der Waals surface area contributed by atoms with Gasteiger partial charge in [0.05, 0.1) is 11.6 Å². The van der Waals surface area contributed by atoms with E-state index in [1.54, 1.807) is 18.2 Å². The average Bonchev–Trinajstić information content (AvgIpc) is 2.95. The van der Waals surface area contributed by atoms with Gasteiger partial charge in [-0.25, -0.2) is 4.79 Å². The van der Waals surface area contributed by atoms with Crippen LogP contribution in [0.4, 0.5) is 10.5 Å². The van der Waals surface area contributed by atoms with Crippen molar-refractivity contribution in [2.24, 2.45) is 0 Å². The van der Waals surface area contributed by atoms with Crippen molar-refractivity contribution in [3.05, 3.63) is 53.0 Å². The van der Waals surface area contributed by atoms with E-state index in [1.165, 1.54) is 0 Å². The zero-order valence-electron chi connectivity index (χ0n) is 12.0. The normalized spacial score (nSPS) is 15.6. The molecule has 0 spiro atoms. The maximum absolute atomic E-state index is 11.6. The van der Waals surface area contributed by atoms with Crippen LogP contribution < -0.4 is 5.32 Å². The number of carbonyl (C=O) groups excluding carboxylic acids is 1. The minimum Gasteiger partial charge on any atom is -0.469 e. The fourth-order valence-corrected chi connectivity index (χ4v) is 2.94. The molecule has 1 aromatic heterocycles. The molecule has 0 aliphatic carbocycles. The van der Waals surface area contributed by atoms with Crippen molar-refractivity contribution in [1.29, 1.82) is 0 Å². The number of nitrogens with zero attached hydrogens (tertiary/aromatic N) is 1. The van der Waals surface area contributed by atoms with Gasteiger partial charge in [0.2, 0.25) is 0 Å². The summed E-state index contributed by atoms with van der Waals surface area (Å²) in [5, 5.41) is 2.61. The highest BCUT2D eigenvalue weighted by molar-refractivity contribution is 6.22. The molecule has 4 nitrogen and oxygen atoms in total. The summed E-state index contributed by atoms with van der Waals surface area (Å²) < 4.78 is 5.45. The largest absolute Gasteiger partial charge is 0.469 e. The van der Waals surface area contributed by atoms with E-state index in [-0.39, 0.29) is 11.4 Å². The molecule has 110 valence electrons. The first-order chi connectivity index (χ1) is 10.1. The summed E-state index contributed by atoms with van der Waals surface area (Å²) in [4.78, 5) is 13.3. The van der Waals surface area contributed by atoms with E-state index in [0.717, 1.165) is 34.6 Å². The lowest BCUT2D eigenvalue weighted by atomic mass is 10.00. The van der Waals surface area contributed by atoms with Gasteiger partial charge in [-0.15, -0.1) is 11.6 Å². The van der Waals surface area contributed by atoms with Crippen LogP contribution in [0.1, 0.15) is 34.8 Å². The number of halogens is 1. The molecule has 1 aromatic carbocycles. The van der Waals surface area contributed by atoms with Crippen molar-refractivity contribution < 1.29 is 9.21 Å². The Morgan fingerprint density at radius 2 is 2.24 bits per heavy atom. The quantitative estimate of drug-likeness (QED) is 0.866. The van der Waals surface area contributed by atoms with E-state index >= 15 is 0 Å². The Bertz CT molecular complexity index is 681. The third-order valence-corrected chi connectivity index (χ3v) is 4.28. The van der Waals surface area contributed by atoms with Gasteiger partial charge in [-0.05, 0) is 23.3 Å². The Morgan fingerprint density at radius 1 is 1.43 bits per heavy atom. The summed E-state index contributed by atoms with van der Waals surface area (Å²) in [6, 6.07) is 7.76. The van der Waals surface area contributed by atoms with Gasteiger partial charge in [0, 0.05) is 31.3 Å². The first kappa shape index (κ1) is 14.0. The summed E-state index contributed by atoms with van der Waals surface area (Å²) >= 11 is 6.60. The fourth-order valence-electron chi connectivity index (χ4n) is 2.61. The Balaban J connectivity index is 1.94. The highest BCUT2D eigenvalue weighted by Gasteiger charge is 2.22. The molecule has 0 saturated heterocycles. The maximum atomic E-state index is 11.6. The van der Waals surface area contributed by atoms with E-state index in [0.29, 0.717) is 6.54 Å². The third-order valence-electron chi connectivity index (χ3n) is 3.79. The first-order valence-corrected chi connectivity index (χ1v) is 7.39. The molecule has 0 fully saturated rings. The summed E-state index contributed by atoms with van der Waals surface area (Å²) in [5.41, 5.74) is 3.94. The number of urea groups is 1. The smallest absolute Gasteiger partial charge is 0.321 e. The fraction of sp³-hybridized carbons (Fsp3) is 0.312. The molecule has 21 heavy (non-hydrogen) atoms. The Labute approximate surface area is 128 Å². The molecule has 0 saturated carbocycles. The van der Waals surface area contributed by atoms with Gasteiger partial charge in [-0.1, -0.05) is 19.1 Å². The zero-order valence-corrected chi connectivity index (χ0v) is 12.8. The summed E-state index contributed by atoms with van der Waals surface area (Å²) in [6.07, 6.45) is 2.49. The van der Waals surface area contributed by atoms with E-state index in [9.17, 15) is 4.79 Å². The summed E-state index contributed by atoms with van der Waals surface area (Å²) in [7, 11) is 1.77. The van der Waals surface area contributed by atoms with Crippen molar-refractivity contribution in [2.45, 2.75) is 25.3 Å². The van der Waals surface area contributed by atoms with Crippen LogP contribution in [0.2, 0.25) is 0 Å². The van der Waals surface area contributed by atoms with Gasteiger partial charge in [0.15, 0.2) is 0 Å². The highest BCUT2D eigenvalue weighted by atomic mass is 35.5. The van der Waals surface area contributed by atoms with E-state index in [1.807, 2.05) is 25.1 Å². The van der Waals surface area contributed by atoms with Crippen LogP contribution in [0.25, 0.3) is 0 Å². The monoisotopic (exact) mass is 304 g/mol. The van der Waals surface area contributed by atoms with Crippen LogP contribution >= 0.6 is 11.6 Å². The van der Waals surface area contributed by atoms with Gasteiger partial charge in [-0.2, -0.15) is 0 Å². The number of aryl methyl sites for hydroxylation is 1. The van der Waals surface area contributed by atoms with Gasteiger partial charge in [-0.3, -0.25) is 0 Å². The number of anilines is 1. The van der Waals surface area contributed by atoms with Crippen LogP contribution in [0.15, 0.2) is 34.9 Å². The van der Waals surface area contributed by atoms with Crippen LogP contribution in [0.3, 0.4) is 0 Å². The molecule has 2 heterocycles. The van der Waals surface area contributed by atoms with Gasteiger partial charge in [0.25, 0.3) is 0 Å². The van der Waals surface area contributed by atoms with Crippen molar-refractivity contribution in [3.8, 4) is 0 Å². The number of alkyl halides is 1. The number of carbonyl (C=O) groups is 1. The summed E-state index contributed by atoms with van der Waals surface area (Å²) in [6.45, 7) is 2.63. The molecule has 0 bridgehead atoms. The minimum absolute atomic E-state index is 0.0826. The second-order valence-electron chi connectivity index (χ2n) is 5.22. The molecule has 1 aliphatic rings. The van der Waals surface area contributed by atoms with Gasteiger partial charge in [0.1, 0.15) is 5.76 Å². The second-order valence-corrected chi connectivity index (χ2v) is 5.65. The van der Waals surface area contributed by atoms with E-state index in [4.69, 9.17) is 16.0 Å². The topological polar surface area (TPSA) is 45.5 Å². The molecule has 3 rings (SSSR count). The van der Waals surface area contributed by atoms with Crippen molar-refractivity contribution >= 4 is 23.3 Å². The number of hydrogen-bond acceptors (Lipinski definition) is 2. The maximum Gasteiger partial charge on any atom is 0.321 e. The lowest BCUT2D eigenvalue weighted by Gasteiger charge is -2.26. The minimum atomic E-state index is -0.244. The standard InChI is InChI=1S/C16H17ClN2O2/c1-3-14-12(6-7-21-14)15(17)10-4-5-13-11(8-10)9-19(2)16(20)18-13/h4-8,15H,3,9H2,1-2H3,(H,18,20). The number of furan rings is 1. The average molecular weight is 305 g/mol. The van der Waals surface area contributed by atoms with E-state index in [2.05, 4.69) is 11.4 Å². The first-order valence-electron chi connectivity index (χ1n) is 6.95. The Kier molecular flexibility index (Phi) is 3.64. The molecule has 1 unspecified atom stereocenters. The lowest BCUT2D eigenvalue weighted by Crippen LogP contribution is -2.35. The van der Waals surface area contributed by atoms with Gasteiger partial charge < -0.3 is 14.6 Å².